The fraction of sp³-hybridized carbons (Fsp3) is 0.158. The molecule has 5 nitrogen and oxygen atoms in total. The largest absolute Gasteiger partial charge is 0.496 e. The average Bonchev–Trinajstić information content (AvgIpc) is 3.12. The Morgan fingerprint density at radius 2 is 2.04 bits per heavy atom. The quantitative estimate of drug-likeness (QED) is 0.661. The van der Waals surface area contributed by atoms with Crippen molar-refractivity contribution in [1.29, 1.82) is 0 Å². The highest BCUT2D eigenvalue weighted by atomic mass is 79.9. The number of ether oxygens (including phenoxy) is 1. The Balaban J connectivity index is 1.62. The Morgan fingerprint density at radius 1 is 1.24 bits per heavy atom. The molecule has 0 saturated carbocycles. The molecule has 25 heavy (non-hydrogen) atoms. The number of carbonyl (C=O) groups is 1. The lowest BCUT2D eigenvalue weighted by Gasteiger charge is -2.08. The van der Waals surface area contributed by atoms with Gasteiger partial charge in [-0.1, -0.05) is 36.4 Å². The molecule has 0 aliphatic heterocycles. The molecule has 0 fully saturated rings. The third-order valence-electron chi connectivity index (χ3n) is 3.86. The summed E-state index contributed by atoms with van der Waals surface area (Å²) < 4.78 is 6.12. The van der Waals surface area contributed by atoms with Gasteiger partial charge in [-0.2, -0.15) is 5.10 Å². The second kappa shape index (κ2) is 7.98. The molecule has 2 N–H and O–H groups in total. The number of benzene rings is 2. The Morgan fingerprint density at radius 3 is 2.76 bits per heavy atom. The number of methoxy groups -OCH3 is 1. The zero-order valence-corrected chi connectivity index (χ0v) is 15.3. The first-order valence-electron chi connectivity index (χ1n) is 7.88. The van der Waals surface area contributed by atoms with E-state index in [1.807, 2.05) is 48.5 Å². The van der Waals surface area contributed by atoms with Crippen molar-refractivity contribution in [3.05, 3.63) is 70.3 Å². The highest BCUT2D eigenvalue weighted by molar-refractivity contribution is 9.10. The maximum absolute atomic E-state index is 12.5. The van der Waals surface area contributed by atoms with Crippen molar-refractivity contribution in [1.82, 2.24) is 15.5 Å². The fourth-order valence-corrected chi connectivity index (χ4v) is 3.15. The molecular formula is C19H18BrN3O2. The monoisotopic (exact) mass is 399 g/mol. The highest BCUT2D eigenvalue weighted by Crippen LogP contribution is 2.25. The summed E-state index contributed by atoms with van der Waals surface area (Å²) in [5, 5.41) is 9.86. The summed E-state index contributed by atoms with van der Waals surface area (Å²) in [6.07, 6.45) is 2.29. The molecular weight excluding hydrogens is 382 g/mol. The molecule has 0 aliphatic rings. The lowest BCUT2D eigenvalue weighted by atomic mass is 10.1. The van der Waals surface area contributed by atoms with E-state index in [1.165, 1.54) is 0 Å². The molecule has 0 aliphatic carbocycles. The van der Waals surface area contributed by atoms with E-state index in [9.17, 15) is 4.79 Å². The van der Waals surface area contributed by atoms with Gasteiger partial charge in [0.05, 0.1) is 29.0 Å². The van der Waals surface area contributed by atoms with Crippen LogP contribution in [0.25, 0.3) is 11.3 Å². The van der Waals surface area contributed by atoms with Crippen LogP contribution in [0.3, 0.4) is 0 Å². The van der Waals surface area contributed by atoms with Crippen molar-refractivity contribution >= 4 is 21.8 Å². The summed E-state index contributed by atoms with van der Waals surface area (Å²) in [7, 11) is 1.63. The van der Waals surface area contributed by atoms with Gasteiger partial charge in [0, 0.05) is 12.1 Å². The van der Waals surface area contributed by atoms with E-state index in [0.29, 0.717) is 12.1 Å². The highest BCUT2D eigenvalue weighted by Gasteiger charge is 2.14. The van der Waals surface area contributed by atoms with Crippen LogP contribution in [0, 0.1) is 0 Å². The molecule has 0 radical (unpaired) electrons. The van der Waals surface area contributed by atoms with Gasteiger partial charge in [0.15, 0.2) is 0 Å². The molecule has 3 rings (SSSR count). The van der Waals surface area contributed by atoms with Crippen LogP contribution in [0.1, 0.15) is 15.9 Å². The van der Waals surface area contributed by atoms with Gasteiger partial charge in [-0.25, -0.2) is 0 Å². The first-order chi connectivity index (χ1) is 12.2. The number of halogens is 1. The number of hydrogen-bond donors (Lipinski definition) is 2. The number of nitrogens with one attached hydrogen (secondary N) is 2. The van der Waals surface area contributed by atoms with Gasteiger partial charge in [0.2, 0.25) is 0 Å². The molecule has 1 heterocycles. The Kier molecular flexibility index (Phi) is 5.50. The summed E-state index contributed by atoms with van der Waals surface area (Å²) in [4.78, 5) is 12.5. The van der Waals surface area contributed by atoms with Gasteiger partial charge in [-0.15, -0.1) is 0 Å². The van der Waals surface area contributed by atoms with Crippen LogP contribution >= 0.6 is 15.9 Å². The van der Waals surface area contributed by atoms with Crippen LogP contribution in [0.5, 0.6) is 5.75 Å². The molecule has 3 aromatic rings. The number of aromatic nitrogens is 2. The normalized spacial score (nSPS) is 10.5. The summed E-state index contributed by atoms with van der Waals surface area (Å²) >= 11 is 3.47. The number of H-pyrrole nitrogens is 1. The molecule has 0 bridgehead atoms. The van der Waals surface area contributed by atoms with Gasteiger partial charge in [-0.3, -0.25) is 9.89 Å². The minimum Gasteiger partial charge on any atom is -0.496 e. The van der Waals surface area contributed by atoms with Gasteiger partial charge in [0.1, 0.15) is 5.75 Å². The molecule has 1 aromatic heterocycles. The first-order valence-corrected chi connectivity index (χ1v) is 8.67. The van der Waals surface area contributed by atoms with Crippen LogP contribution in [0.15, 0.2) is 59.2 Å². The Hall–Kier alpha value is -2.60. The van der Waals surface area contributed by atoms with E-state index in [1.54, 1.807) is 13.3 Å². The second-order valence-corrected chi connectivity index (χ2v) is 6.35. The van der Waals surface area contributed by atoms with Crippen molar-refractivity contribution in [2.24, 2.45) is 0 Å². The third-order valence-corrected chi connectivity index (χ3v) is 4.48. The lowest BCUT2D eigenvalue weighted by molar-refractivity contribution is 0.0955. The summed E-state index contributed by atoms with van der Waals surface area (Å²) in [5.41, 5.74) is 3.32. The summed E-state index contributed by atoms with van der Waals surface area (Å²) in [5.74, 6) is 0.652. The SMILES string of the molecule is COc1ccc(CCNC(=O)c2cn[nH]c2-c2ccccc2)cc1Br. The van der Waals surface area contributed by atoms with E-state index in [-0.39, 0.29) is 5.91 Å². The Bertz CT molecular complexity index is 862. The number of hydrogen-bond acceptors (Lipinski definition) is 3. The molecule has 128 valence electrons. The number of rotatable bonds is 6. The number of nitrogens with zero attached hydrogens (tertiary/aromatic N) is 1. The summed E-state index contributed by atoms with van der Waals surface area (Å²) in [6, 6.07) is 15.6. The van der Waals surface area contributed by atoms with E-state index < -0.39 is 0 Å². The average molecular weight is 400 g/mol. The van der Waals surface area contributed by atoms with E-state index in [2.05, 4.69) is 31.4 Å². The van der Waals surface area contributed by atoms with Crippen LogP contribution < -0.4 is 10.1 Å². The fourth-order valence-electron chi connectivity index (χ4n) is 2.56. The van der Waals surface area contributed by atoms with Crippen molar-refractivity contribution in [3.63, 3.8) is 0 Å². The lowest BCUT2D eigenvalue weighted by Crippen LogP contribution is -2.25. The van der Waals surface area contributed by atoms with Gasteiger partial charge < -0.3 is 10.1 Å². The van der Waals surface area contributed by atoms with E-state index in [0.717, 1.165) is 33.5 Å². The predicted octanol–water partition coefficient (Wildman–Crippen LogP) is 3.82. The zero-order valence-electron chi connectivity index (χ0n) is 13.8. The standard InChI is InChI=1S/C19H18BrN3O2/c1-25-17-8-7-13(11-16(17)20)9-10-21-19(24)15-12-22-23-18(15)14-5-3-2-4-6-14/h2-8,11-12H,9-10H2,1H3,(H,21,24)(H,22,23). The minimum atomic E-state index is -0.139. The van der Waals surface area contributed by atoms with Gasteiger partial charge in [0.25, 0.3) is 5.91 Å². The van der Waals surface area contributed by atoms with Gasteiger partial charge >= 0.3 is 0 Å². The molecule has 0 atom stereocenters. The molecule has 0 unspecified atom stereocenters. The molecule has 1 amide bonds. The van der Waals surface area contributed by atoms with Crippen LogP contribution in [-0.4, -0.2) is 29.8 Å². The predicted molar refractivity (Wildman–Crippen MR) is 101 cm³/mol. The molecule has 0 saturated heterocycles. The first kappa shape index (κ1) is 17.2. The van der Waals surface area contributed by atoms with Crippen LogP contribution in [0.2, 0.25) is 0 Å². The second-order valence-electron chi connectivity index (χ2n) is 5.50. The minimum absolute atomic E-state index is 0.139. The molecule has 0 spiro atoms. The summed E-state index contributed by atoms with van der Waals surface area (Å²) in [6.45, 7) is 0.539. The topological polar surface area (TPSA) is 67.0 Å². The maximum atomic E-state index is 12.5. The van der Waals surface area contributed by atoms with Crippen molar-refractivity contribution in [2.45, 2.75) is 6.42 Å². The smallest absolute Gasteiger partial charge is 0.255 e. The third kappa shape index (κ3) is 4.09. The van der Waals surface area contributed by atoms with Crippen molar-refractivity contribution in [2.75, 3.05) is 13.7 Å². The number of carbonyl (C=O) groups excluding carboxylic acids is 1. The van der Waals surface area contributed by atoms with Crippen LogP contribution in [0.4, 0.5) is 0 Å². The number of aromatic amines is 1. The Labute approximate surface area is 154 Å². The van der Waals surface area contributed by atoms with Crippen molar-refractivity contribution in [3.8, 4) is 17.0 Å². The van der Waals surface area contributed by atoms with Gasteiger partial charge in [-0.05, 0) is 40.0 Å². The van der Waals surface area contributed by atoms with E-state index >= 15 is 0 Å². The molecule has 6 heteroatoms. The maximum Gasteiger partial charge on any atom is 0.255 e. The van der Waals surface area contributed by atoms with E-state index in [4.69, 9.17) is 4.74 Å². The zero-order chi connectivity index (χ0) is 17.6. The molecule has 2 aromatic carbocycles. The van der Waals surface area contributed by atoms with Crippen molar-refractivity contribution < 1.29 is 9.53 Å². The van der Waals surface area contributed by atoms with Crippen LogP contribution in [-0.2, 0) is 6.42 Å². The number of amides is 1.